The second kappa shape index (κ2) is 9.72. The van der Waals surface area contributed by atoms with Crippen LogP contribution in [0.2, 0.25) is 0 Å². The van der Waals surface area contributed by atoms with Crippen molar-refractivity contribution in [3.05, 3.63) is 35.6 Å². The molecule has 0 fully saturated rings. The van der Waals surface area contributed by atoms with Crippen molar-refractivity contribution in [3.8, 4) is 0 Å². The van der Waals surface area contributed by atoms with Crippen LogP contribution in [0.3, 0.4) is 0 Å². The molecule has 0 saturated heterocycles. The minimum Gasteiger partial charge on any atom is -0.383 e. The number of carbonyl (C=O) groups is 1. The number of ether oxygens (including phenoxy) is 1. The SMILES string of the molecule is COCCNCC(=O)N(C)Cc1ccccc1F.Cl. The van der Waals surface area contributed by atoms with Gasteiger partial charge in [-0.1, -0.05) is 18.2 Å². The number of halogens is 2. The van der Waals surface area contributed by atoms with Gasteiger partial charge in [0.05, 0.1) is 13.2 Å². The molecule has 0 heterocycles. The van der Waals surface area contributed by atoms with E-state index in [4.69, 9.17) is 4.74 Å². The summed E-state index contributed by atoms with van der Waals surface area (Å²) in [6, 6.07) is 6.46. The Labute approximate surface area is 119 Å². The van der Waals surface area contributed by atoms with Crippen LogP contribution in [0, 0.1) is 5.82 Å². The van der Waals surface area contributed by atoms with Crippen LogP contribution >= 0.6 is 12.4 Å². The van der Waals surface area contributed by atoms with Crippen LogP contribution in [0.1, 0.15) is 5.56 Å². The molecule has 1 amide bonds. The van der Waals surface area contributed by atoms with E-state index in [2.05, 4.69) is 5.32 Å². The van der Waals surface area contributed by atoms with Gasteiger partial charge in [-0.2, -0.15) is 0 Å². The van der Waals surface area contributed by atoms with Crippen molar-refractivity contribution < 1.29 is 13.9 Å². The largest absolute Gasteiger partial charge is 0.383 e. The first-order valence-corrected chi connectivity index (χ1v) is 5.82. The van der Waals surface area contributed by atoms with Crippen molar-refractivity contribution in [1.29, 1.82) is 0 Å². The van der Waals surface area contributed by atoms with Crippen molar-refractivity contribution >= 4 is 18.3 Å². The molecule has 0 radical (unpaired) electrons. The van der Waals surface area contributed by atoms with E-state index in [1.54, 1.807) is 32.4 Å². The molecule has 0 aliphatic rings. The maximum atomic E-state index is 13.4. The first-order valence-electron chi connectivity index (χ1n) is 5.82. The van der Waals surface area contributed by atoms with Crippen LogP contribution < -0.4 is 5.32 Å². The number of hydrogen-bond acceptors (Lipinski definition) is 3. The topological polar surface area (TPSA) is 41.6 Å². The number of hydrogen-bond donors (Lipinski definition) is 1. The van der Waals surface area contributed by atoms with Gasteiger partial charge in [-0.15, -0.1) is 12.4 Å². The lowest BCUT2D eigenvalue weighted by atomic mass is 10.2. The van der Waals surface area contributed by atoms with Gasteiger partial charge >= 0.3 is 0 Å². The fraction of sp³-hybridized carbons (Fsp3) is 0.462. The fourth-order valence-electron chi connectivity index (χ4n) is 1.47. The Hall–Kier alpha value is -1.17. The standard InChI is InChI=1S/C13H19FN2O2.ClH/c1-16(13(17)9-15-7-8-18-2)10-11-5-3-4-6-12(11)14;/h3-6,15H,7-10H2,1-2H3;1H. The Balaban J connectivity index is 0.00000324. The summed E-state index contributed by atoms with van der Waals surface area (Å²) >= 11 is 0. The molecule has 0 aliphatic heterocycles. The van der Waals surface area contributed by atoms with E-state index >= 15 is 0 Å². The highest BCUT2D eigenvalue weighted by atomic mass is 35.5. The molecule has 1 rings (SSSR count). The van der Waals surface area contributed by atoms with Crippen LogP contribution in [0.25, 0.3) is 0 Å². The fourth-order valence-corrected chi connectivity index (χ4v) is 1.47. The second-order valence-electron chi connectivity index (χ2n) is 4.01. The van der Waals surface area contributed by atoms with Crippen molar-refractivity contribution in [2.45, 2.75) is 6.54 Å². The van der Waals surface area contributed by atoms with Crippen molar-refractivity contribution in [2.75, 3.05) is 33.9 Å². The van der Waals surface area contributed by atoms with E-state index in [1.165, 1.54) is 11.0 Å². The Morgan fingerprint density at radius 1 is 1.42 bits per heavy atom. The predicted octanol–water partition coefficient (Wildman–Crippen LogP) is 1.44. The lowest BCUT2D eigenvalue weighted by Crippen LogP contribution is -2.36. The van der Waals surface area contributed by atoms with E-state index in [0.717, 1.165) is 0 Å². The van der Waals surface area contributed by atoms with Crippen molar-refractivity contribution in [2.24, 2.45) is 0 Å². The van der Waals surface area contributed by atoms with E-state index in [1.807, 2.05) is 0 Å². The first kappa shape index (κ1) is 17.8. The van der Waals surface area contributed by atoms with E-state index in [9.17, 15) is 9.18 Å². The van der Waals surface area contributed by atoms with Gasteiger partial charge in [0.2, 0.25) is 5.91 Å². The molecular formula is C13H20ClFN2O2. The number of methoxy groups -OCH3 is 1. The van der Waals surface area contributed by atoms with Gasteiger partial charge in [0, 0.05) is 32.8 Å². The summed E-state index contributed by atoms with van der Waals surface area (Å²) in [5, 5.41) is 2.96. The van der Waals surface area contributed by atoms with Crippen molar-refractivity contribution in [3.63, 3.8) is 0 Å². The van der Waals surface area contributed by atoms with Crippen LogP contribution in [0.15, 0.2) is 24.3 Å². The lowest BCUT2D eigenvalue weighted by molar-refractivity contribution is -0.129. The highest BCUT2D eigenvalue weighted by molar-refractivity contribution is 5.85. The Bertz CT molecular complexity index is 391. The molecule has 0 unspecified atom stereocenters. The summed E-state index contributed by atoms with van der Waals surface area (Å²) in [7, 11) is 3.26. The average Bonchev–Trinajstić information content (AvgIpc) is 2.37. The minimum atomic E-state index is -0.288. The molecule has 1 aromatic carbocycles. The predicted molar refractivity (Wildman–Crippen MR) is 74.9 cm³/mol. The molecule has 0 aliphatic carbocycles. The maximum absolute atomic E-state index is 13.4. The molecule has 1 N–H and O–H groups in total. The molecule has 0 bridgehead atoms. The number of nitrogens with zero attached hydrogens (tertiary/aromatic N) is 1. The highest BCUT2D eigenvalue weighted by Gasteiger charge is 2.10. The Morgan fingerprint density at radius 3 is 2.74 bits per heavy atom. The van der Waals surface area contributed by atoms with Gasteiger partial charge in [-0.25, -0.2) is 4.39 Å². The number of nitrogens with one attached hydrogen (secondary N) is 1. The number of amides is 1. The number of benzene rings is 1. The molecule has 0 atom stereocenters. The average molecular weight is 291 g/mol. The Kier molecular flexibility index (Phi) is 9.12. The van der Waals surface area contributed by atoms with Crippen LogP contribution in [0.5, 0.6) is 0 Å². The monoisotopic (exact) mass is 290 g/mol. The maximum Gasteiger partial charge on any atom is 0.236 e. The summed E-state index contributed by atoms with van der Waals surface area (Å²) in [6.07, 6.45) is 0. The number of carbonyl (C=O) groups excluding carboxylic acids is 1. The minimum absolute atomic E-state index is 0. The summed E-state index contributed by atoms with van der Waals surface area (Å²) in [5.74, 6) is -0.362. The summed E-state index contributed by atoms with van der Waals surface area (Å²) in [5.41, 5.74) is 0.519. The summed E-state index contributed by atoms with van der Waals surface area (Å²) < 4.78 is 18.3. The van der Waals surface area contributed by atoms with Gasteiger partial charge in [-0.05, 0) is 6.07 Å². The molecule has 0 saturated carbocycles. The van der Waals surface area contributed by atoms with Crippen LogP contribution in [-0.2, 0) is 16.1 Å². The normalized spacial score (nSPS) is 9.84. The number of likely N-dealkylation sites (N-methyl/N-ethyl adjacent to an activating group) is 1. The third kappa shape index (κ3) is 6.52. The first-order chi connectivity index (χ1) is 8.65. The van der Waals surface area contributed by atoms with Gasteiger partial charge < -0.3 is 15.0 Å². The van der Waals surface area contributed by atoms with E-state index in [0.29, 0.717) is 18.7 Å². The highest BCUT2D eigenvalue weighted by Crippen LogP contribution is 2.08. The van der Waals surface area contributed by atoms with E-state index in [-0.39, 0.29) is 37.2 Å². The van der Waals surface area contributed by atoms with Gasteiger partial charge in [-0.3, -0.25) is 4.79 Å². The van der Waals surface area contributed by atoms with Gasteiger partial charge in [0.15, 0.2) is 0 Å². The zero-order chi connectivity index (χ0) is 13.4. The third-order valence-corrected chi connectivity index (χ3v) is 2.55. The third-order valence-electron chi connectivity index (χ3n) is 2.55. The summed E-state index contributed by atoms with van der Waals surface area (Å²) in [6.45, 7) is 1.69. The van der Waals surface area contributed by atoms with Gasteiger partial charge in [0.25, 0.3) is 0 Å². The summed E-state index contributed by atoms with van der Waals surface area (Å²) in [4.78, 5) is 13.2. The van der Waals surface area contributed by atoms with Crippen molar-refractivity contribution in [1.82, 2.24) is 10.2 Å². The lowest BCUT2D eigenvalue weighted by Gasteiger charge is -2.18. The molecular weight excluding hydrogens is 271 g/mol. The van der Waals surface area contributed by atoms with E-state index < -0.39 is 0 Å². The van der Waals surface area contributed by atoms with Crippen LogP contribution in [-0.4, -0.2) is 44.7 Å². The van der Waals surface area contributed by atoms with Gasteiger partial charge in [0.1, 0.15) is 5.82 Å². The molecule has 6 heteroatoms. The number of rotatable bonds is 7. The molecule has 108 valence electrons. The Morgan fingerprint density at radius 2 is 2.11 bits per heavy atom. The molecule has 0 spiro atoms. The quantitative estimate of drug-likeness (QED) is 0.773. The molecule has 1 aromatic rings. The molecule has 4 nitrogen and oxygen atoms in total. The zero-order valence-electron chi connectivity index (χ0n) is 11.2. The zero-order valence-corrected chi connectivity index (χ0v) is 12.0. The molecule has 0 aromatic heterocycles. The smallest absolute Gasteiger partial charge is 0.236 e. The van der Waals surface area contributed by atoms with Crippen LogP contribution in [0.4, 0.5) is 4.39 Å². The second-order valence-corrected chi connectivity index (χ2v) is 4.01. The molecule has 19 heavy (non-hydrogen) atoms.